The second kappa shape index (κ2) is 10.3. The lowest BCUT2D eigenvalue weighted by Crippen LogP contribution is -2.42. The van der Waals surface area contributed by atoms with E-state index in [4.69, 9.17) is 4.74 Å². The monoisotopic (exact) mass is 452 g/mol. The van der Waals surface area contributed by atoms with E-state index in [2.05, 4.69) is 5.32 Å². The number of anilines is 1. The fourth-order valence-electron chi connectivity index (χ4n) is 3.56. The molecule has 0 aromatic heterocycles. The van der Waals surface area contributed by atoms with Gasteiger partial charge in [0.25, 0.3) is 0 Å². The molecule has 0 fully saturated rings. The molecule has 32 heavy (non-hydrogen) atoms. The van der Waals surface area contributed by atoms with E-state index >= 15 is 0 Å². The largest absolute Gasteiger partial charge is 0.492 e. The highest BCUT2D eigenvalue weighted by molar-refractivity contribution is 7.92. The summed E-state index contributed by atoms with van der Waals surface area (Å²) in [6.45, 7) is 3.82. The van der Waals surface area contributed by atoms with Gasteiger partial charge in [-0.05, 0) is 42.7 Å². The number of ether oxygens (including phenoxy) is 1. The molecule has 0 aliphatic heterocycles. The van der Waals surface area contributed by atoms with E-state index in [1.165, 1.54) is 0 Å². The third-order valence-corrected chi connectivity index (χ3v) is 6.19. The van der Waals surface area contributed by atoms with E-state index in [-0.39, 0.29) is 6.54 Å². The minimum Gasteiger partial charge on any atom is -0.492 e. The Balaban J connectivity index is 1.93. The summed E-state index contributed by atoms with van der Waals surface area (Å²) in [6, 6.07) is 23.8. The first-order valence-corrected chi connectivity index (χ1v) is 12.3. The van der Waals surface area contributed by atoms with Gasteiger partial charge in [-0.3, -0.25) is 9.10 Å². The lowest BCUT2D eigenvalue weighted by Gasteiger charge is -2.26. The van der Waals surface area contributed by atoms with Gasteiger partial charge in [-0.25, -0.2) is 8.42 Å². The fraction of sp³-hybridized carbons (Fsp3) is 0.240. The van der Waals surface area contributed by atoms with Crippen LogP contribution in [0.5, 0.6) is 5.75 Å². The highest BCUT2D eigenvalue weighted by Gasteiger charge is 2.26. The Morgan fingerprint density at radius 1 is 0.969 bits per heavy atom. The Bertz CT molecular complexity index is 1160. The Morgan fingerprint density at radius 3 is 2.25 bits per heavy atom. The Hall–Kier alpha value is -3.32. The average Bonchev–Trinajstić information content (AvgIpc) is 2.77. The predicted octanol–water partition coefficient (Wildman–Crippen LogP) is 4.07. The number of sulfonamides is 1. The third kappa shape index (κ3) is 5.68. The van der Waals surface area contributed by atoms with Crippen LogP contribution in [0.4, 0.5) is 5.69 Å². The molecule has 6 nitrogen and oxygen atoms in total. The van der Waals surface area contributed by atoms with Crippen molar-refractivity contribution in [3.63, 3.8) is 0 Å². The normalized spacial score (nSPS) is 12.1. The smallest absolute Gasteiger partial charge is 0.241 e. The molecule has 0 bridgehead atoms. The average molecular weight is 453 g/mol. The van der Waals surface area contributed by atoms with Gasteiger partial charge in [0.2, 0.25) is 15.9 Å². The zero-order valence-corrected chi connectivity index (χ0v) is 19.3. The number of hydrogen-bond donors (Lipinski definition) is 1. The maximum atomic E-state index is 13.2. The van der Waals surface area contributed by atoms with Crippen LogP contribution in [-0.2, 0) is 14.8 Å². The van der Waals surface area contributed by atoms with Crippen molar-refractivity contribution in [2.45, 2.75) is 19.9 Å². The highest BCUT2D eigenvalue weighted by atomic mass is 32.2. The van der Waals surface area contributed by atoms with Crippen molar-refractivity contribution in [3.8, 4) is 5.75 Å². The van der Waals surface area contributed by atoms with E-state index in [9.17, 15) is 13.2 Å². The molecular formula is C25H28N2O4S. The standard InChI is InChI=1S/C25H28N2O4S/c1-4-31-23-17-11-10-16-22(23)27(32(3,29)30)18-24(28)26-25(20-13-6-5-7-14-20)21-15-9-8-12-19(21)2/h5-17,25H,4,18H2,1-3H3,(H,26,28)/t25-/m0/s1. The van der Waals surface area contributed by atoms with E-state index in [1.54, 1.807) is 24.3 Å². The Morgan fingerprint density at radius 2 is 1.59 bits per heavy atom. The summed E-state index contributed by atoms with van der Waals surface area (Å²) >= 11 is 0. The number of hydrogen-bond acceptors (Lipinski definition) is 4. The molecule has 0 unspecified atom stereocenters. The first-order valence-electron chi connectivity index (χ1n) is 10.4. The number of aryl methyl sites for hydroxylation is 1. The lowest BCUT2D eigenvalue weighted by molar-refractivity contribution is -0.120. The molecule has 0 saturated heterocycles. The summed E-state index contributed by atoms with van der Waals surface area (Å²) in [6.07, 6.45) is 1.08. The van der Waals surface area contributed by atoms with E-state index in [0.717, 1.165) is 27.3 Å². The third-order valence-electron chi connectivity index (χ3n) is 5.06. The van der Waals surface area contributed by atoms with Gasteiger partial charge in [0, 0.05) is 0 Å². The van der Waals surface area contributed by atoms with Crippen LogP contribution in [0.1, 0.15) is 29.7 Å². The summed E-state index contributed by atoms with van der Waals surface area (Å²) in [5.41, 5.74) is 3.23. The van der Waals surface area contributed by atoms with Crippen molar-refractivity contribution in [2.24, 2.45) is 0 Å². The van der Waals surface area contributed by atoms with Crippen molar-refractivity contribution in [1.29, 1.82) is 0 Å². The van der Waals surface area contributed by atoms with Gasteiger partial charge in [0.15, 0.2) is 0 Å². The zero-order valence-electron chi connectivity index (χ0n) is 18.5. The molecule has 0 saturated carbocycles. The molecule has 0 aliphatic rings. The number of nitrogens with zero attached hydrogens (tertiary/aromatic N) is 1. The van der Waals surface area contributed by atoms with Crippen LogP contribution in [0.15, 0.2) is 78.9 Å². The van der Waals surface area contributed by atoms with Gasteiger partial charge in [0.05, 0.1) is 24.6 Å². The summed E-state index contributed by atoms with van der Waals surface area (Å²) < 4.78 is 31.9. The van der Waals surface area contributed by atoms with Gasteiger partial charge in [-0.15, -0.1) is 0 Å². The summed E-state index contributed by atoms with van der Waals surface area (Å²) in [5, 5.41) is 3.03. The number of para-hydroxylation sites is 2. The van der Waals surface area contributed by atoms with Crippen molar-refractivity contribution >= 4 is 21.6 Å². The number of rotatable bonds is 9. The summed E-state index contributed by atoms with van der Waals surface area (Å²) in [7, 11) is -3.73. The molecule has 1 atom stereocenters. The molecule has 0 aliphatic carbocycles. The summed E-state index contributed by atoms with van der Waals surface area (Å²) in [5.74, 6) is -0.00873. The summed E-state index contributed by atoms with van der Waals surface area (Å²) in [4.78, 5) is 13.2. The van der Waals surface area contributed by atoms with Crippen LogP contribution in [0.3, 0.4) is 0 Å². The van der Waals surface area contributed by atoms with E-state index in [0.29, 0.717) is 18.0 Å². The van der Waals surface area contributed by atoms with Crippen molar-refractivity contribution in [2.75, 3.05) is 23.7 Å². The zero-order chi connectivity index (χ0) is 23.1. The lowest BCUT2D eigenvalue weighted by atomic mass is 9.95. The van der Waals surface area contributed by atoms with Gasteiger partial charge >= 0.3 is 0 Å². The van der Waals surface area contributed by atoms with Crippen LogP contribution >= 0.6 is 0 Å². The maximum absolute atomic E-state index is 13.2. The van der Waals surface area contributed by atoms with Crippen LogP contribution in [0.25, 0.3) is 0 Å². The van der Waals surface area contributed by atoms with Crippen LogP contribution in [-0.4, -0.2) is 33.7 Å². The SMILES string of the molecule is CCOc1ccccc1N(CC(=O)N[C@@H](c1ccccc1)c1ccccc1C)S(C)(=O)=O. The molecule has 1 amide bonds. The fourth-order valence-corrected chi connectivity index (χ4v) is 4.42. The molecule has 3 rings (SSSR count). The Labute approximate surface area is 189 Å². The second-order valence-corrected chi connectivity index (χ2v) is 9.34. The molecule has 3 aromatic rings. The molecule has 1 N–H and O–H groups in total. The molecule has 3 aromatic carbocycles. The van der Waals surface area contributed by atoms with Crippen LogP contribution in [0, 0.1) is 6.92 Å². The minimum absolute atomic E-state index is 0.333. The maximum Gasteiger partial charge on any atom is 0.241 e. The van der Waals surface area contributed by atoms with Gasteiger partial charge in [-0.2, -0.15) is 0 Å². The predicted molar refractivity (Wildman–Crippen MR) is 127 cm³/mol. The van der Waals surface area contributed by atoms with Crippen molar-refractivity contribution < 1.29 is 17.9 Å². The second-order valence-electron chi connectivity index (χ2n) is 7.44. The van der Waals surface area contributed by atoms with Crippen LogP contribution in [0.2, 0.25) is 0 Å². The Kier molecular flexibility index (Phi) is 7.53. The van der Waals surface area contributed by atoms with Crippen LogP contribution < -0.4 is 14.4 Å². The number of benzene rings is 3. The molecule has 7 heteroatoms. The van der Waals surface area contributed by atoms with E-state index < -0.39 is 22.0 Å². The minimum atomic E-state index is -3.73. The number of carbonyl (C=O) groups is 1. The molecule has 168 valence electrons. The molecule has 0 heterocycles. The first kappa shape index (κ1) is 23.3. The number of amides is 1. The molecule has 0 spiro atoms. The topological polar surface area (TPSA) is 75.7 Å². The van der Waals surface area contributed by atoms with E-state index in [1.807, 2.05) is 68.4 Å². The van der Waals surface area contributed by atoms with Gasteiger partial charge in [0.1, 0.15) is 12.3 Å². The van der Waals surface area contributed by atoms with Gasteiger partial charge < -0.3 is 10.1 Å². The quantitative estimate of drug-likeness (QED) is 0.531. The molecule has 0 radical (unpaired) electrons. The number of nitrogens with one attached hydrogen (secondary N) is 1. The van der Waals surface area contributed by atoms with Crippen molar-refractivity contribution in [3.05, 3.63) is 95.6 Å². The number of carbonyl (C=O) groups excluding carboxylic acids is 1. The first-order chi connectivity index (χ1) is 15.3. The highest BCUT2D eigenvalue weighted by Crippen LogP contribution is 2.30. The molecular weight excluding hydrogens is 424 g/mol. The van der Waals surface area contributed by atoms with Crippen molar-refractivity contribution in [1.82, 2.24) is 5.32 Å². The van der Waals surface area contributed by atoms with Gasteiger partial charge in [-0.1, -0.05) is 66.7 Å².